The van der Waals surface area contributed by atoms with Crippen molar-refractivity contribution in [2.24, 2.45) is 17.7 Å². The molecule has 0 aromatic carbocycles. The van der Waals surface area contributed by atoms with Crippen molar-refractivity contribution in [1.82, 2.24) is 10.4 Å². The molecule has 1 rings (SSSR count). The minimum Gasteiger partial charge on any atom is -0.489 e. The van der Waals surface area contributed by atoms with Gasteiger partial charge in [-0.2, -0.15) is 0 Å². The second-order valence-corrected chi connectivity index (χ2v) is 5.37. The Kier molecular flexibility index (Phi) is 5.56. The van der Waals surface area contributed by atoms with E-state index in [0.717, 1.165) is 11.3 Å². The van der Waals surface area contributed by atoms with Crippen LogP contribution in [0.3, 0.4) is 0 Å². The fourth-order valence-electron chi connectivity index (χ4n) is 1.88. The first kappa shape index (κ1) is 14.9. The van der Waals surface area contributed by atoms with Crippen LogP contribution in [0.15, 0.2) is 18.5 Å². The highest BCUT2D eigenvalue weighted by atomic mass is 16.5. The topological polar surface area (TPSA) is 60.2 Å². The van der Waals surface area contributed by atoms with E-state index in [1.54, 1.807) is 6.20 Å². The lowest BCUT2D eigenvalue weighted by molar-refractivity contribution is 0.240. The van der Waals surface area contributed by atoms with Crippen molar-refractivity contribution in [3.8, 4) is 5.75 Å². The third-order valence-electron chi connectivity index (χ3n) is 3.22. The van der Waals surface area contributed by atoms with E-state index in [0.29, 0.717) is 11.8 Å². The summed E-state index contributed by atoms with van der Waals surface area (Å²) in [6.45, 7) is 10.6. The van der Waals surface area contributed by atoms with E-state index in [-0.39, 0.29) is 12.1 Å². The van der Waals surface area contributed by atoms with Gasteiger partial charge < -0.3 is 4.74 Å². The van der Waals surface area contributed by atoms with Crippen LogP contribution in [0.1, 0.15) is 46.2 Å². The number of nitrogens with two attached hydrogens (primary N) is 1. The van der Waals surface area contributed by atoms with Gasteiger partial charge in [-0.25, -0.2) is 0 Å². The van der Waals surface area contributed by atoms with Crippen LogP contribution in [0, 0.1) is 11.8 Å². The molecule has 0 saturated carbocycles. The first-order valence-electron chi connectivity index (χ1n) is 6.53. The van der Waals surface area contributed by atoms with Gasteiger partial charge in [0.2, 0.25) is 0 Å². The maximum absolute atomic E-state index is 5.68. The van der Waals surface area contributed by atoms with Gasteiger partial charge in [0.25, 0.3) is 0 Å². The first-order chi connectivity index (χ1) is 8.45. The second kappa shape index (κ2) is 6.71. The standard InChI is InChI=1S/C14H25N3O/c1-9(2)11(5)14(17-15)12-6-13(8-16-7-12)18-10(3)4/h6-11,14,17H,15H2,1-5H3. The number of rotatable bonds is 6. The summed E-state index contributed by atoms with van der Waals surface area (Å²) in [4.78, 5) is 4.23. The molecule has 18 heavy (non-hydrogen) atoms. The summed E-state index contributed by atoms with van der Waals surface area (Å²) in [6, 6.07) is 2.10. The van der Waals surface area contributed by atoms with Gasteiger partial charge in [0.15, 0.2) is 0 Å². The fraction of sp³-hybridized carbons (Fsp3) is 0.643. The zero-order valence-electron chi connectivity index (χ0n) is 12.0. The Morgan fingerprint density at radius 3 is 2.33 bits per heavy atom. The maximum Gasteiger partial charge on any atom is 0.138 e. The van der Waals surface area contributed by atoms with Gasteiger partial charge >= 0.3 is 0 Å². The molecule has 0 saturated heterocycles. The molecule has 1 aromatic heterocycles. The zero-order valence-corrected chi connectivity index (χ0v) is 12.0. The van der Waals surface area contributed by atoms with Gasteiger partial charge in [-0.15, -0.1) is 0 Å². The maximum atomic E-state index is 5.68. The summed E-state index contributed by atoms with van der Waals surface area (Å²) >= 11 is 0. The molecule has 4 nitrogen and oxygen atoms in total. The molecule has 0 bridgehead atoms. The Labute approximate surface area is 110 Å². The van der Waals surface area contributed by atoms with E-state index >= 15 is 0 Å². The van der Waals surface area contributed by atoms with Crippen LogP contribution >= 0.6 is 0 Å². The Bertz CT molecular complexity index is 366. The van der Waals surface area contributed by atoms with E-state index in [2.05, 4.69) is 31.2 Å². The third kappa shape index (κ3) is 3.96. The van der Waals surface area contributed by atoms with Gasteiger partial charge in [-0.3, -0.25) is 16.3 Å². The van der Waals surface area contributed by atoms with E-state index in [9.17, 15) is 0 Å². The number of hydrogen-bond acceptors (Lipinski definition) is 4. The molecule has 0 fully saturated rings. The Balaban J connectivity index is 2.92. The molecule has 0 spiro atoms. The van der Waals surface area contributed by atoms with Gasteiger partial charge in [0.1, 0.15) is 5.75 Å². The summed E-state index contributed by atoms with van der Waals surface area (Å²) < 4.78 is 5.66. The molecule has 0 amide bonds. The summed E-state index contributed by atoms with van der Waals surface area (Å²) in [5.41, 5.74) is 3.95. The molecule has 4 heteroatoms. The molecule has 2 atom stereocenters. The zero-order chi connectivity index (χ0) is 13.7. The molecule has 3 N–H and O–H groups in total. The molecule has 1 heterocycles. The lowest BCUT2D eigenvalue weighted by Crippen LogP contribution is -2.34. The van der Waals surface area contributed by atoms with Crippen molar-refractivity contribution in [3.05, 3.63) is 24.0 Å². The van der Waals surface area contributed by atoms with Crippen LogP contribution in [0.25, 0.3) is 0 Å². The molecule has 0 radical (unpaired) electrons. The molecular formula is C14H25N3O. The molecule has 0 aliphatic heterocycles. The van der Waals surface area contributed by atoms with Gasteiger partial charge in [-0.05, 0) is 37.3 Å². The van der Waals surface area contributed by atoms with Crippen molar-refractivity contribution in [3.63, 3.8) is 0 Å². The molecule has 0 aliphatic carbocycles. The van der Waals surface area contributed by atoms with Crippen LogP contribution in [0.5, 0.6) is 5.75 Å². The number of pyridine rings is 1. The van der Waals surface area contributed by atoms with Gasteiger partial charge in [0.05, 0.1) is 18.3 Å². The number of nitrogens with zero attached hydrogens (tertiary/aromatic N) is 1. The fourth-order valence-corrected chi connectivity index (χ4v) is 1.88. The molecule has 1 aromatic rings. The molecule has 2 unspecified atom stereocenters. The van der Waals surface area contributed by atoms with Crippen LogP contribution in [-0.4, -0.2) is 11.1 Å². The van der Waals surface area contributed by atoms with E-state index in [4.69, 9.17) is 10.6 Å². The lowest BCUT2D eigenvalue weighted by atomic mass is 9.87. The minimum atomic E-state index is 0.0909. The number of nitrogens with one attached hydrogen (secondary N) is 1. The normalized spacial score (nSPS) is 14.9. The van der Waals surface area contributed by atoms with Gasteiger partial charge in [-0.1, -0.05) is 20.8 Å². The monoisotopic (exact) mass is 251 g/mol. The van der Waals surface area contributed by atoms with Crippen LogP contribution in [-0.2, 0) is 0 Å². The lowest BCUT2D eigenvalue weighted by Gasteiger charge is -2.26. The average Bonchev–Trinajstić information content (AvgIpc) is 2.29. The molecular weight excluding hydrogens is 226 g/mol. The summed E-state index contributed by atoms with van der Waals surface area (Å²) in [5.74, 6) is 7.43. The quantitative estimate of drug-likeness (QED) is 0.603. The van der Waals surface area contributed by atoms with Crippen molar-refractivity contribution in [2.45, 2.75) is 46.8 Å². The largest absolute Gasteiger partial charge is 0.489 e. The van der Waals surface area contributed by atoms with E-state index < -0.39 is 0 Å². The Morgan fingerprint density at radius 1 is 1.17 bits per heavy atom. The summed E-state index contributed by atoms with van der Waals surface area (Å²) in [7, 11) is 0. The van der Waals surface area contributed by atoms with Crippen molar-refractivity contribution in [1.29, 1.82) is 0 Å². The highest BCUT2D eigenvalue weighted by Gasteiger charge is 2.21. The van der Waals surface area contributed by atoms with E-state index in [1.165, 1.54) is 0 Å². The number of hydrogen-bond donors (Lipinski definition) is 2. The Morgan fingerprint density at radius 2 is 1.83 bits per heavy atom. The number of aromatic nitrogens is 1. The first-order valence-corrected chi connectivity index (χ1v) is 6.53. The minimum absolute atomic E-state index is 0.0909. The highest BCUT2D eigenvalue weighted by Crippen LogP contribution is 2.28. The van der Waals surface area contributed by atoms with Crippen LogP contribution in [0.4, 0.5) is 0 Å². The van der Waals surface area contributed by atoms with Crippen molar-refractivity contribution >= 4 is 0 Å². The predicted octanol–water partition coefficient (Wildman–Crippen LogP) is 2.67. The average molecular weight is 251 g/mol. The molecule has 102 valence electrons. The van der Waals surface area contributed by atoms with Crippen LogP contribution < -0.4 is 16.0 Å². The highest BCUT2D eigenvalue weighted by molar-refractivity contribution is 5.26. The Hall–Kier alpha value is -1.13. The number of hydrazine groups is 1. The molecule has 0 aliphatic rings. The smallest absolute Gasteiger partial charge is 0.138 e. The van der Waals surface area contributed by atoms with Crippen LogP contribution in [0.2, 0.25) is 0 Å². The van der Waals surface area contributed by atoms with Gasteiger partial charge in [0, 0.05) is 6.20 Å². The predicted molar refractivity (Wildman–Crippen MR) is 74.1 cm³/mol. The number of ether oxygens (including phenoxy) is 1. The summed E-state index contributed by atoms with van der Waals surface area (Å²) in [5, 5.41) is 0. The second-order valence-electron chi connectivity index (χ2n) is 5.37. The van der Waals surface area contributed by atoms with Crippen molar-refractivity contribution < 1.29 is 4.74 Å². The third-order valence-corrected chi connectivity index (χ3v) is 3.22. The summed E-state index contributed by atoms with van der Waals surface area (Å²) in [6.07, 6.45) is 3.72. The van der Waals surface area contributed by atoms with E-state index in [1.807, 2.05) is 26.1 Å². The SMILES string of the molecule is CC(C)Oc1cncc(C(NN)C(C)C(C)C)c1. The van der Waals surface area contributed by atoms with Crippen molar-refractivity contribution in [2.75, 3.05) is 0 Å².